The number of rotatable bonds is 7. The number of ketones is 1. The van der Waals surface area contributed by atoms with E-state index in [0.717, 1.165) is 74.1 Å². The molecule has 2 fully saturated rings. The predicted molar refractivity (Wildman–Crippen MR) is 138 cm³/mol. The SMILES string of the molecule is COC(=O)c1sc(C#CC(C)(C)C)cc1C(CCC(=O)C1CCC(C)CC1)C1CCC(O)CC1. The maximum atomic E-state index is 13.1. The molecule has 0 aliphatic heterocycles. The Kier molecular flexibility index (Phi) is 9.41. The van der Waals surface area contributed by atoms with E-state index >= 15 is 0 Å². The molecular weight excluding hydrogens is 444 g/mol. The second-order valence-corrected chi connectivity index (χ2v) is 12.6. The summed E-state index contributed by atoms with van der Waals surface area (Å²) >= 11 is 1.41. The fourth-order valence-corrected chi connectivity index (χ4v) is 6.48. The Morgan fingerprint density at radius 3 is 2.35 bits per heavy atom. The largest absolute Gasteiger partial charge is 0.465 e. The van der Waals surface area contributed by atoms with Gasteiger partial charge in [0.1, 0.15) is 10.7 Å². The molecule has 3 rings (SSSR count). The minimum Gasteiger partial charge on any atom is -0.465 e. The Hall–Kier alpha value is -1.64. The number of hydrogen-bond acceptors (Lipinski definition) is 5. The van der Waals surface area contributed by atoms with Gasteiger partial charge in [0.2, 0.25) is 0 Å². The Morgan fingerprint density at radius 2 is 1.76 bits per heavy atom. The van der Waals surface area contributed by atoms with E-state index in [0.29, 0.717) is 23.0 Å². The number of Topliss-reactive ketones (excluding diaryl/α,β-unsaturated/α-hetero) is 1. The van der Waals surface area contributed by atoms with E-state index in [1.807, 2.05) is 0 Å². The van der Waals surface area contributed by atoms with Crippen LogP contribution >= 0.6 is 11.3 Å². The highest BCUT2D eigenvalue weighted by Gasteiger charge is 2.33. The molecule has 188 valence electrons. The van der Waals surface area contributed by atoms with Crippen molar-refractivity contribution in [3.63, 3.8) is 0 Å². The molecule has 1 aromatic rings. The van der Waals surface area contributed by atoms with Gasteiger partial charge in [-0.1, -0.05) is 31.6 Å². The first-order valence-electron chi connectivity index (χ1n) is 13.0. The zero-order valence-electron chi connectivity index (χ0n) is 21.6. The van der Waals surface area contributed by atoms with Crippen LogP contribution in [0.4, 0.5) is 0 Å². The average molecular weight is 487 g/mol. The highest BCUT2D eigenvalue weighted by atomic mass is 32.1. The van der Waals surface area contributed by atoms with Gasteiger partial charge in [0.05, 0.1) is 18.1 Å². The number of ether oxygens (including phenoxy) is 1. The molecule has 0 spiro atoms. The zero-order valence-corrected chi connectivity index (χ0v) is 22.4. The van der Waals surface area contributed by atoms with Crippen LogP contribution in [0.2, 0.25) is 0 Å². The van der Waals surface area contributed by atoms with Gasteiger partial charge < -0.3 is 9.84 Å². The molecule has 4 nitrogen and oxygen atoms in total. The van der Waals surface area contributed by atoms with E-state index in [9.17, 15) is 14.7 Å². The molecular formula is C29H42O4S. The fraction of sp³-hybridized carbons (Fsp3) is 0.724. The molecule has 2 aliphatic rings. The third-order valence-electron chi connectivity index (χ3n) is 7.58. The highest BCUT2D eigenvalue weighted by Crippen LogP contribution is 2.43. The molecule has 0 aromatic carbocycles. The van der Waals surface area contributed by atoms with Crippen LogP contribution in [-0.4, -0.2) is 30.1 Å². The monoisotopic (exact) mass is 486 g/mol. The van der Waals surface area contributed by atoms with E-state index in [4.69, 9.17) is 4.74 Å². The number of thiophene rings is 1. The quantitative estimate of drug-likeness (QED) is 0.342. The van der Waals surface area contributed by atoms with Crippen LogP contribution in [0.1, 0.15) is 118 Å². The standard InChI is InChI=1S/C29H42O4S/c1-19-6-8-21(9-7-19)26(31)15-14-24(20-10-12-22(30)13-11-20)25-18-23(16-17-29(2,3)4)34-27(25)28(32)33-5/h18-22,24,30H,6-15H2,1-5H3. The van der Waals surface area contributed by atoms with Crippen molar-refractivity contribution in [3.8, 4) is 11.8 Å². The Balaban J connectivity index is 1.87. The van der Waals surface area contributed by atoms with Gasteiger partial charge in [0, 0.05) is 17.8 Å². The van der Waals surface area contributed by atoms with Crippen LogP contribution in [-0.2, 0) is 9.53 Å². The van der Waals surface area contributed by atoms with Gasteiger partial charge >= 0.3 is 5.97 Å². The molecule has 0 saturated heterocycles. The van der Waals surface area contributed by atoms with E-state index in [1.54, 1.807) is 0 Å². The molecule has 0 bridgehead atoms. The summed E-state index contributed by atoms with van der Waals surface area (Å²) in [4.78, 5) is 27.3. The summed E-state index contributed by atoms with van der Waals surface area (Å²) in [5, 5.41) is 10.1. The maximum absolute atomic E-state index is 13.1. The van der Waals surface area contributed by atoms with Gasteiger partial charge in [-0.2, -0.15) is 0 Å². The van der Waals surface area contributed by atoms with Crippen LogP contribution in [0, 0.1) is 35.0 Å². The van der Waals surface area contributed by atoms with E-state index in [-0.39, 0.29) is 29.3 Å². The van der Waals surface area contributed by atoms with E-state index in [2.05, 4.69) is 45.6 Å². The Bertz CT molecular complexity index is 897. The van der Waals surface area contributed by atoms with E-state index in [1.165, 1.54) is 18.4 Å². The first-order chi connectivity index (χ1) is 16.1. The summed E-state index contributed by atoms with van der Waals surface area (Å²) in [5.74, 6) is 7.98. The molecule has 2 saturated carbocycles. The van der Waals surface area contributed by atoms with Crippen molar-refractivity contribution < 1.29 is 19.4 Å². The molecule has 1 heterocycles. The lowest BCUT2D eigenvalue weighted by atomic mass is 9.73. The maximum Gasteiger partial charge on any atom is 0.348 e. The number of methoxy groups -OCH3 is 1. The molecule has 34 heavy (non-hydrogen) atoms. The summed E-state index contributed by atoms with van der Waals surface area (Å²) in [6, 6.07) is 2.07. The number of carbonyl (C=O) groups is 2. The van der Waals surface area contributed by atoms with Gasteiger partial charge in [-0.05, 0) is 95.1 Å². The van der Waals surface area contributed by atoms with Crippen LogP contribution in [0.5, 0.6) is 0 Å². The Labute approximate surface area is 209 Å². The van der Waals surface area contributed by atoms with Crippen molar-refractivity contribution in [1.82, 2.24) is 0 Å². The van der Waals surface area contributed by atoms with Crippen LogP contribution in [0.3, 0.4) is 0 Å². The number of hydrogen-bond donors (Lipinski definition) is 1. The summed E-state index contributed by atoms with van der Waals surface area (Å²) in [5.41, 5.74) is 0.861. The summed E-state index contributed by atoms with van der Waals surface area (Å²) in [6.07, 6.45) is 8.78. The van der Waals surface area contributed by atoms with Crippen LogP contribution in [0.15, 0.2) is 6.07 Å². The third kappa shape index (κ3) is 7.43. The van der Waals surface area contributed by atoms with Gasteiger partial charge in [0.15, 0.2) is 0 Å². The van der Waals surface area contributed by atoms with Crippen molar-refractivity contribution in [3.05, 3.63) is 21.4 Å². The van der Waals surface area contributed by atoms with Gasteiger partial charge in [-0.15, -0.1) is 11.3 Å². The normalized spacial score (nSPS) is 26.3. The second-order valence-electron chi connectivity index (χ2n) is 11.5. The smallest absolute Gasteiger partial charge is 0.348 e. The van der Waals surface area contributed by atoms with Crippen LogP contribution < -0.4 is 0 Å². The lowest BCUT2D eigenvalue weighted by Gasteiger charge is -2.33. The van der Waals surface area contributed by atoms with Crippen molar-refractivity contribution >= 4 is 23.1 Å². The number of carbonyl (C=O) groups excluding carboxylic acids is 2. The average Bonchev–Trinajstić information content (AvgIpc) is 3.22. The molecule has 1 aromatic heterocycles. The number of aliphatic hydroxyl groups is 1. The molecule has 2 aliphatic carbocycles. The third-order valence-corrected chi connectivity index (χ3v) is 8.62. The summed E-state index contributed by atoms with van der Waals surface area (Å²) < 4.78 is 5.14. The van der Waals surface area contributed by atoms with Gasteiger partial charge in [-0.3, -0.25) is 4.79 Å². The minimum atomic E-state index is -0.322. The number of esters is 1. The second kappa shape index (κ2) is 11.9. The first-order valence-corrected chi connectivity index (χ1v) is 13.8. The topological polar surface area (TPSA) is 63.6 Å². The highest BCUT2D eigenvalue weighted by molar-refractivity contribution is 7.14. The fourth-order valence-electron chi connectivity index (χ4n) is 5.48. The summed E-state index contributed by atoms with van der Waals surface area (Å²) in [6.45, 7) is 8.50. The van der Waals surface area contributed by atoms with Crippen LogP contribution in [0.25, 0.3) is 0 Å². The lowest BCUT2D eigenvalue weighted by Crippen LogP contribution is -2.26. The van der Waals surface area contributed by atoms with Gasteiger partial charge in [0.25, 0.3) is 0 Å². The van der Waals surface area contributed by atoms with Crippen molar-refractivity contribution in [2.24, 2.45) is 23.2 Å². The zero-order chi connectivity index (χ0) is 24.9. The van der Waals surface area contributed by atoms with Gasteiger partial charge in [-0.25, -0.2) is 4.79 Å². The lowest BCUT2D eigenvalue weighted by molar-refractivity contribution is -0.124. The Morgan fingerprint density at radius 1 is 1.12 bits per heavy atom. The number of aliphatic hydroxyl groups excluding tert-OH is 1. The predicted octanol–water partition coefficient (Wildman–Crippen LogP) is 6.74. The molecule has 1 N–H and O–H groups in total. The minimum absolute atomic E-state index is 0.106. The van der Waals surface area contributed by atoms with Crippen molar-refractivity contribution in [2.75, 3.05) is 7.11 Å². The van der Waals surface area contributed by atoms with Crippen molar-refractivity contribution in [1.29, 1.82) is 0 Å². The first kappa shape index (κ1) is 27.0. The molecule has 1 atom stereocenters. The van der Waals surface area contributed by atoms with Crippen molar-refractivity contribution in [2.45, 2.75) is 104 Å². The summed E-state index contributed by atoms with van der Waals surface area (Å²) in [7, 11) is 1.42. The van der Waals surface area contributed by atoms with E-state index < -0.39 is 0 Å². The molecule has 5 heteroatoms. The molecule has 0 amide bonds. The molecule has 0 radical (unpaired) electrons. The molecule has 1 unspecified atom stereocenters.